The normalized spacial score (nSPS) is 18.3. The van der Waals surface area contributed by atoms with Gasteiger partial charge in [-0.3, -0.25) is 14.5 Å². The van der Waals surface area contributed by atoms with E-state index in [0.717, 1.165) is 56.6 Å². The van der Waals surface area contributed by atoms with Crippen molar-refractivity contribution in [2.24, 2.45) is 5.92 Å². The Morgan fingerprint density at radius 2 is 1.66 bits per heavy atom. The highest BCUT2D eigenvalue weighted by Gasteiger charge is 2.27. The Kier molecular flexibility index (Phi) is 7.59. The van der Waals surface area contributed by atoms with Crippen LogP contribution in [0.5, 0.6) is 0 Å². The van der Waals surface area contributed by atoms with Crippen molar-refractivity contribution in [2.75, 3.05) is 18.4 Å². The Bertz CT molecular complexity index is 911. The minimum Gasteiger partial charge on any atom is -0.353 e. The van der Waals surface area contributed by atoms with Gasteiger partial charge < -0.3 is 10.6 Å². The van der Waals surface area contributed by atoms with Gasteiger partial charge in [0.1, 0.15) is 0 Å². The molecule has 0 aromatic heterocycles. The fourth-order valence-electron chi connectivity index (χ4n) is 4.83. The number of aryl methyl sites for hydroxylation is 1. The Morgan fingerprint density at radius 3 is 2.38 bits per heavy atom. The predicted octanol–water partition coefficient (Wildman–Crippen LogP) is 4.91. The number of hydrogen-bond acceptors (Lipinski definition) is 3. The number of rotatable bonds is 6. The molecular weight excluding hydrogens is 398 g/mol. The first-order chi connectivity index (χ1) is 15.6. The zero-order chi connectivity index (χ0) is 22.3. The molecule has 1 heterocycles. The topological polar surface area (TPSA) is 61.4 Å². The van der Waals surface area contributed by atoms with Crippen LogP contribution in [0.4, 0.5) is 5.69 Å². The first kappa shape index (κ1) is 22.5. The third-order valence-electron chi connectivity index (χ3n) is 6.81. The second-order valence-corrected chi connectivity index (χ2v) is 9.41. The average Bonchev–Trinajstić information content (AvgIpc) is 2.81. The quantitative estimate of drug-likeness (QED) is 0.681. The summed E-state index contributed by atoms with van der Waals surface area (Å²) in [5.41, 5.74) is 3.79. The third kappa shape index (κ3) is 6.19. The van der Waals surface area contributed by atoms with E-state index in [0.29, 0.717) is 11.6 Å². The zero-order valence-electron chi connectivity index (χ0n) is 19.1. The summed E-state index contributed by atoms with van der Waals surface area (Å²) in [6.45, 7) is 4.72. The SMILES string of the molecule is Cc1ccc(C(=O)Nc2cccc(CN3CCC(C(=O)NC4CCCCC4)CC3)c2)cc1. The van der Waals surface area contributed by atoms with Crippen LogP contribution in [0, 0.1) is 12.8 Å². The zero-order valence-corrected chi connectivity index (χ0v) is 19.1. The van der Waals surface area contributed by atoms with E-state index in [1.165, 1.54) is 24.8 Å². The first-order valence-corrected chi connectivity index (χ1v) is 12.1. The molecule has 2 amide bonds. The van der Waals surface area contributed by atoms with Gasteiger partial charge in [0.05, 0.1) is 0 Å². The smallest absolute Gasteiger partial charge is 0.255 e. The maximum Gasteiger partial charge on any atom is 0.255 e. The molecular formula is C27H35N3O2. The molecule has 1 aliphatic carbocycles. The summed E-state index contributed by atoms with van der Waals surface area (Å²) in [5, 5.41) is 6.30. The molecule has 0 spiro atoms. The van der Waals surface area contributed by atoms with Gasteiger partial charge in [0.15, 0.2) is 0 Å². The number of nitrogens with one attached hydrogen (secondary N) is 2. The number of anilines is 1. The fourth-order valence-corrected chi connectivity index (χ4v) is 4.83. The van der Waals surface area contributed by atoms with Gasteiger partial charge >= 0.3 is 0 Å². The predicted molar refractivity (Wildman–Crippen MR) is 129 cm³/mol. The lowest BCUT2D eigenvalue weighted by atomic mass is 9.92. The Balaban J connectivity index is 1.25. The van der Waals surface area contributed by atoms with E-state index in [4.69, 9.17) is 0 Å². The van der Waals surface area contributed by atoms with Crippen molar-refractivity contribution in [3.63, 3.8) is 0 Å². The van der Waals surface area contributed by atoms with Crippen LogP contribution in [0.25, 0.3) is 0 Å². The van der Waals surface area contributed by atoms with Gasteiger partial charge in [0.25, 0.3) is 5.91 Å². The summed E-state index contributed by atoms with van der Waals surface area (Å²) in [6, 6.07) is 16.1. The molecule has 0 unspecified atom stereocenters. The molecule has 32 heavy (non-hydrogen) atoms. The standard InChI is InChI=1S/C27H35N3O2/c1-20-10-12-22(13-11-20)26(31)29-25-9-5-6-21(18-25)19-30-16-14-23(15-17-30)27(32)28-24-7-3-2-4-8-24/h5-6,9-13,18,23-24H,2-4,7-8,14-17,19H2,1H3,(H,28,32)(H,29,31). The number of carbonyl (C=O) groups is 2. The minimum atomic E-state index is -0.0908. The molecule has 2 aromatic carbocycles. The molecule has 4 rings (SSSR count). The van der Waals surface area contributed by atoms with Crippen LogP contribution in [-0.2, 0) is 11.3 Å². The molecule has 2 aliphatic rings. The van der Waals surface area contributed by atoms with Crippen molar-refractivity contribution in [1.29, 1.82) is 0 Å². The Hall–Kier alpha value is -2.66. The van der Waals surface area contributed by atoms with Gasteiger partial charge in [0.2, 0.25) is 5.91 Å². The van der Waals surface area contributed by atoms with Gasteiger partial charge in [-0.1, -0.05) is 49.1 Å². The Labute approximate surface area is 191 Å². The number of benzene rings is 2. The minimum absolute atomic E-state index is 0.0908. The molecule has 2 aromatic rings. The molecule has 1 saturated heterocycles. The first-order valence-electron chi connectivity index (χ1n) is 12.1. The van der Waals surface area contributed by atoms with Crippen LogP contribution in [0.2, 0.25) is 0 Å². The molecule has 2 N–H and O–H groups in total. The van der Waals surface area contributed by atoms with Crippen LogP contribution in [0.3, 0.4) is 0 Å². The molecule has 1 aliphatic heterocycles. The summed E-state index contributed by atoms with van der Waals surface area (Å²) < 4.78 is 0. The maximum atomic E-state index is 12.6. The molecule has 170 valence electrons. The summed E-state index contributed by atoms with van der Waals surface area (Å²) >= 11 is 0. The summed E-state index contributed by atoms with van der Waals surface area (Å²) in [5.74, 6) is 0.317. The van der Waals surface area contributed by atoms with Crippen LogP contribution >= 0.6 is 0 Å². The highest BCUT2D eigenvalue weighted by molar-refractivity contribution is 6.04. The monoisotopic (exact) mass is 433 g/mol. The molecule has 0 radical (unpaired) electrons. The van der Waals surface area contributed by atoms with Gasteiger partial charge in [-0.2, -0.15) is 0 Å². The van der Waals surface area contributed by atoms with E-state index in [9.17, 15) is 9.59 Å². The van der Waals surface area contributed by atoms with Crippen molar-refractivity contribution < 1.29 is 9.59 Å². The van der Waals surface area contributed by atoms with Crippen LogP contribution in [0.1, 0.15) is 66.4 Å². The number of hydrogen-bond donors (Lipinski definition) is 2. The van der Waals surface area contributed by atoms with Crippen molar-refractivity contribution in [2.45, 2.75) is 64.5 Å². The summed E-state index contributed by atoms with van der Waals surface area (Å²) in [6.07, 6.45) is 7.91. The molecule has 0 atom stereocenters. The van der Waals surface area contributed by atoms with Gasteiger partial charge in [0, 0.05) is 29.8 Å². The highest BCUT2D eigenvalue weighted by Crippen LogP contribution is 2.23. The number of likely N-dealkylation sites (tertiary alicyclic amines) is 1. The van der Waals surface area contributed by atoms with E-state index in [-0.39, 0.29) is 17.7 Å². The summed E-state index contributed by atoms with van der Waals surface area (Å²) in [4.78, 5) is 27.6. The second kappa shape index (κ2) is 10.8. The van der Waals surface area contributed by atoms with Gasteiger partial charge in [-0.05, 0) is 75.5 Å². The highest BCUT2D eigenvalue weighted by atomic mass is 16.2. The second-order valence-electron chi connectivity index (χ2n) is 9.41. The van der Waals surface area contributed by atoms with Crippen molar-refractivity contribution >= 4 is 17.5 Å². The summed E-state index contributed by atoms with van der Waals surface area (Å²) in [7, 11) is 0. The number of piperidine rings is 1. The largest absolute Gasteiger partial charge is 0.353 e. The fraction of sp³-hybridized carbons (Fsp3) is 0.481. The van der Waals surface area contributed by atoms with E-state index < -0.39 is 0 Å². The lowest BCUT2D eigenvalue weighted by molar-refractivity contribution is -0.127. The van der Waals surface area contributed by atoms with Crippen molar-refractivity contribution in [3.05, 3.63) is 65.2 Å². The number of amides is 2. The van der Waals surface area contributed by atoms with Gasteiger partial charge in [-0.15, -0.1) is 0 Å². The van der Waals surface area contributed by atoms with Gasteiger partial charge in [-0.25, -0.2) is 0 Å². The lowest BCUT2D eigenvalue weighted by Crippen LogP contribution is -2.44. The molecule has 1 saturated carbocycles. The van der Waals surface area contributed by atoms with E-state index in [1.807, 2.05) is 49.4 Å². The van der Waals surface area contributed by atoms with E-state index >= 15 is 0 Å². The molecule has 2 fully saturated rings. The van der Waals surface area contributed by atoms with Crippen LogP contribution in [-0.4, -0.2) is 35.8 Å². The van der Waals surface area contributed by atoms with Crippen molar-refractivity contribution in [1.82, 2.24) is 10.2 Å². The number of nitrogens with zero attached hydrogens (tertiary/aromatic N) is 1. The Morgan fingerprint density at radius 1 is 0.938 bits per heavy atom. The van der Waals surface area contributed by atoms with E-state index in [2.05, 4.69) is 21.6 Å². The molecule has 5 nitrogen and oxygen atoms in total. The molecule has 5 heteroatoms. The third-order valence-corrected chi connectivity index (χ3v) is 6.81. The lowest BCUT2D eigenvalue weighted by Gasteiger charge is -2.32. The maximum absolute atomic E-state index is 12.6. The molecule has 0 bridgehead atoms. The van der Waals surface area contributed by atoms with Crippen molar-refractivity contribution in [3.8, 4) is 0 Å². The van der Waals surface area contributed by atoms with Crippen LogP contribution in [0.15, 0.2) is 48.5 Å². The number of carbonyl (C=O) groups excluding carboxylic acids is 2. The average molecular weight is 434 g/mol. The van der Waals surface area contributed by atoms with Crippen LogP contribution < -0.4 is 10.6 Å². The van der Waals surface area contributed by atoms with E-state index in [1.54, 1.807) is 0 Å².